The van der Waals surface area contributed by atoms with Crippen LogP contribution in [0.25, 0.3) is 6.08 Å². The lowest BCUT2D eigenvalue weighted by Crippen LogP contribution is -2.29. The van der Waals surface area contributed by atoms with Crippen LogP contribution in [0.3, 0.4) is 0 Å². The van der Waals surface area contributed by atoms with Crippen molar-refractivity contribution in [1.29, 1.82) is 5.26 Å². The Hall–Kier alpha value is -3.26. The molecule has 1 N–H and O–H groups in total. The summed E-state index contributed by atoms with van der Waals surface area (Å²) in [5, 5.41) is 11.4. The molecule has 0 heterocycles. The van der Waals surface area contributed by atoms with E-state index in [0.717, 1.165) is 25.1 Å². The van der Waals surface area contributed by atoms with Crippen molar-refractivity contribution >= 4 is 17.7 Å². The molecular weight excluding hydrogens is 338 g/mol. The van der Waals surface area contributed by atoms with E-state index in [1.54, 1.807) is 18.2 Å². The summed E-state index contributed by atoms with van der Waals surface area (Å²) in [6.45, 7) is 4.62. The number of hydrogen-bond acceptors (Lipinski definition) is 4. The molecule has 0 fully saturated rings. The second-order valence-corrected chi connectivity index (χ2v) is 5.91. The quantitative estimate of drug-likeness (QED) is 0.517. The van der Waals surface area contributed by atoms with E-state index in [2.05, 4.69) is 29.3 Å². The molecule has 5 heteroatoms. The van der Waals surface area contributed by atoms with Gasteiger partial charge in [-0.25, -0.2) is 0 Å². The first kappa shape index (κ1) is 20.1. The van der Waals surface area contributed by atoms with Crippen molar-refractivity contribution in [2.45, 2.75) is 13.3 Å². The van der Waals surface area contributed by atoms with Crippen LogP contribution in [0.2, 0.25) is 0 Å². The normalized spacial score (nSPS) is 10.4. The number of nitrogens with one attached hydrogen (secondary N) is 1. The number of carbonyl (C=O) groups excluding carboxylic acids is 1. The summed E-state index contributed by atoms with van der Waals surface area (Å²) in [7, 11) is 0. The van der Waals surface area contributed by atoms with Crippen molar-refractivity contribution in [3.8, 4) is 11.8 Å². The molecule has 0 spiro atoms. The van der Waals surface area contributed by atoms with Gasteiger partial charge in [-0.05, 0) is 49.2 Å². The Morgan fingerprint density at radius 3 is 2.59 bits per heavy atom. The van der Waals surface area contributed by atoms with Gasteiger partial charge in [-0.2, -0.15) is 5.26 Å². The van der Waals surface area contributed by atoms with E-state index in [1.165, 1.54) is 11.8 Å². The van der Waals surface area contributed by atoms with Crippen molar-refractivity contribution in [1.82, 2.24) is 5.32 Å². The Morgan fingerprint density at radius 2 is 1.93 bits per heavy atom. The highest BCUT2D eigenvalue weighted by atomic mass is 16.5. The average Bonchev–Trinajstić information content (AvgIpc) is 2.72. The SMILES string of the molecule is CCN(CCCNC(=O)/C=C/c1ccc(OCC#N)cc1)c1ccccc1. The highest BCUT2D eigenvalue weighted by Crippen LogP contribution is 2.13. The summed E-state index contributed by atoms with van der Waals surface area (Å²) < 4.78 is 5.19. The van der Waals surface area contributed by atoms with Crippen LogP contribution in [-0.2, 0) is 4.79 Å². The van der Waals surface area contributed by atoms with Crippen LogP contribution in [0, 0.1) is 11.3 Å². The van der Waals surface area contributed by atoms with Crippen LogP contribution >= 0.6 is 0 Å². The monoisotopic (exact) mass is 363 g/mol. The van der Waals surface area contributed by atoms with Gasteiger partial charge in [0.15, 0.2) is 6.61 Å². The minimum Gasteiger partial charge on any atom is -0.479 e. The standard InChI is InChI=1S/C22H25N3O2/c1-2-25(20-7-4-3-5-8-20)17-6-16-24-22(26)14-11-19-9-12-21(13-10-19)27-18-15-23/h3-5,7-14H,2,6,16-18H2,1H3,(H,24,26)/b14-11+. The molecule has 5 nitrogen and oxygen atoms in total. The maximum atomic E-state index is 11.9. The molecule has 0 aromatic heterocycles. The minimum atomic E-state index is -0.109. The zero-order valence-corrected chi connectivity index (χ0v) is 15.6. The minimum absolute atomic E-state index is 0.0251. The molecule has 0 saturated carbocycles. The first-order valence-corrected chi connectivity index (χ1v) is 9.08. The van der Waals surface area contributed by atoms with Gasteiger partial charge in [0.2, 0.25) is 5.91 Å². The Labute approximate surface area is 160 Å². The molecule has 27 heavy (non-hydrogen) atoms. The maximum Gasteiger partial charge on any atom is 0.244 e. The van der Waals surface area contributed by atoms with E-state index in [-0.39, 0.29) is 12.5 Å². The molecule has 2 aromatic rings. The van der Waals surface area contributed by atoms with Crippen LogP contribution in [0.15, 0.2) is 60.7 Å². The zero-order valence-electron chi connectivity index (χ0n) is 15.6. The molecule has 0 aliphatic rings. The van der Waals surface area contributed by atoms with Crippen molar-refractivity contribution in [2.24, 2.45) is 0 Å². The van der Waals surface area contributed by atoms with Crippen LogP contribution in [-0.4, -0.2) is 32.1 Å². The lowest BCUT2D eigenvalue weighted by molar-refractivity contribution is -0.116. The summed E-state index contributed by atoms with van der Waals surface area (Å²) in [5.41, 5.74) is 2.10. The van der Waals surface area contributed by atoms with Crippen molar-refractivity contribution in [2.75, 3.05) is 31.1 Å². The van der Waals surface area contributed by atoms with Gasteiger partial charge in [-0.3, -0.25) is 4.79 Å². The fourth-order valence-electron chi connectivity index (χ4n) is 2.61. The predicted octanol–water partition coefficient (Wildman–Crippen LogP) is 3.63. The lowest BCUT2D eigenvalue weighted by Gasteiger charge is -2.23. The lowest BCUT2D eigenvalue weighted by atomic mass is 10.2. The number of ether oxygens (including phenoxy) is 1. The topological polar surface area (TPSA) is 65.4 Å². The van der Waals surface area contributed by atoms with E-state index < -0.39 is 0 Å². The van der Waals surface area contributed by atoms with Gasteiger partial charge in [-0.15, -0.1) is 0 Å². The highest BCUT2D eigenvalue weighted by Gasteiger charge is 2.03. The van der Waals surface area contributed by atoms with E-state index in [4.69, 9.17) is 10.00 Å². The summed E-state index contributed by atoms with van der Waals surface area (Å²) >= 11 is 0. The van der Waals surface area contributed by atoms with Gasteiger partial charge in [0.05, 0.1) is 0 Å². The largest absolute Gasteiger partial charge is 0.479 e. The third kappa shape index (κ3) is 7.25. The number of anilines is 1. The van der Waals surface area contributed by atoms with E-state index in [9.17, 15) is 4.79 Å². The van der Waals surface area contributed by atoms with Crippen molar-refractivity contribution in [3.63, 3.8) is 0 Å². The Bertz CT molecular complexity index is 764. The third-order valence-electron chi connectivity index (χ3n) is 4.02. The van der Waals surface area contributed by atoms with E-state index >= 15 is 0 Å². The summed E-state index contributed by atoms with van der Waals surface area (Å²) in [4.78, 5) is 14.2. The molecule has 2 aromatic carbocycles. The fourth-order valence-corrected chi connectivity index (χ4v) is 2.61. The molecule has 0 unspecified atom stereocenters. The Balaban J connectivity index is 1.71. The molecule has 0 atom stereocenters. The van der Waals surface area contributed by atoms with Gasteiger partial charge in [0.1, 0.15) is 11.8 Å². The number of hydrogen-bond donors (Lipinski definition) is 1. The van der Waals surface area contributed by atoms with Crippen LogP contribution < -0.4 is 15.0 Å². The maximum absolute atomic E-state index is 11.9. The average molecular weight is 363 g/mol. The van der Waals surface area contributed by atoms with Crippen molar-refractivity contribution < 1.29 is 9.53 Å². The molecule has 0 aliphatic heterocycles. The molecule has 0 saturated heterocycles. The smallest absolute Gasteiger partial charge is 0.244 e. The third-order valence-corrected chi connectivity index (χ3v) is 4.02. The predicted molar refractivity (Wildman–Crippen MR) is 109 cm³/mol. The Morgan fingerprint density at radius 1 is 1.19 bits per heavy atom. The van der Waals surface area contributed by atoms with Gasteiger partial charge in [-0.1, -0.05) is 30.3 Å². The molecule has 0 radical (unpaired) electrons. The van der Waals surface area contributed by atoms with Gasteiger partial charge in [0, 0.05) is 31.4 Å². The van der Waals surface area contributed by atoms with Crippen LogP contribution in [0.1, 0.15) is 18.9 Å². The summed E-state index contributed by atoms with van der Waals surface area (Å²) in [6.07, 6.45) is 4.17. The molecule has 140 valence electrons. The fraction of sp³-hybridized carbons (Fsp3) is 0.273. The molecular formula is C22H25N3O2. The molecule has 2 rings (SSSR count). The summed E-state index contributed by atoms with van der Waals surface area (Å²) in [6, 6.07) is 19.4. The second kappa shape index (κ2) is 11.4. The molecule has 1 amide bonds. The number of nitrogens with zero attached hydrogens (tertiary/aromatic N) is 2. The Kier molecular flexibility index (Phi) is 8.45. The first-order chi connectivity index (χ1) is 13.2. The van der Waals surface area contributed by atoms with Crippen LogP contribution in [0.4, 0.5) is 5.69 Å². The number of carbonyl (C=O) groups is 1. The van der Waals surface area contributed by atoms with Crippen molar-refractivity contribution in [3.05, 3.63) is 66.2 Å². The second-order valence-electron chi connectivity index (χ2n) is 5.91. The number of para-hydroxylation sites is 1. The zero-order chi connectivity index (χ0) is 19.3. The number of benzene rings is 2. The molecule has 0 aliphatic carbocycles. The van der Waals surface area contributed by atoms with E-state index in [0.29, 0.717) is 12.3 Å². The molecule has 0 bridgehead atoms. The summed E-state index contributed by atoms with van der Waals surface area (Å²) in [5.74, 6) is 0.527. The number of rotatable bonds is 10. The van der Waals surface area contributed by atoms with Crippen LogP contribution in [0.5, 0.6) is 5.75 Å². The number of nitriles is 1. The van der Waals surface area contributed by atoms with Gasteiger partial charge in [0.25, 0.3) is 0 Å². The van der Waals surface area contributed by atoms with Gasteiger partial charge >= 0.3 is 0 Å². The highest BCUT2D eigenvalue weighted by molar-refractivity contribution is 5.91. The number of amides is 1. The first-order valence-electron chi connectivity index (χ1n) is 9.08. The van der Waals surface area contributed by atoms with E-state index in [1.807, 2.05) is 36.4 Å². The van der Waals surface area contributed by atoms with Gasteiger partial charge < -0.3 is 15.0 Å².